The van der Waals surface area contributed by atoms with E-state index in [4.69, 9.17) is 11.6 Å². The first kappa shape index (κ1) is 14.6. The second-order valence-corrected chi connectivity index (χ2v) is 5.53. The highest BCUT2D eigenvalue weighted by Crippen LogP contribution is 2.14. The van der Waals surface area contributed by atoms with Gasteiger partial charge in [-0.05, 0) is 30.2 Å². The maximum absolute atomic E-state index is 5.89. The number of aromatic nitrogens is 3. The molecule has 0 saturated heterocycles. The summed E-state index contributed by atoms with van der Waals surface area (Å²) >= 11 is 5.89. The van der Waals surface area contributed by atoms with Gasteiger partial charge in [-0.25, -0.2) is 9.97 Å². The van der Waals surface area contributed by atoms with Crippen molar-refractivity contribution in [3.63, 3.8) is 0 Å². The van der Waals surface area contributed by atoms with Crippen LogP contribution in [0.4, 0.5) is 5.69 Å². The van der Waals surface area contributed by atoms with Crippen LogP contribution < -0.4 is 5.32 Å². The summed E-state index contributed by atoms with van der Waals surface area (Å²) in [5.74, 6) is 1.02. The Bertz CT molecular complexity index is 767. The van der Waals surface area contributed by atoms with E-state index in [-0.39, 0.29) is 0 Å². The van der Waals surface area contributed by atoms with Gasteiger partial charge in [-0.3, -0.25) is 0 Å². The van der Waals surface area contributed by atoms with Crippen molar-refractivity contribution in [2.75, 3.05) is 5.32 Å². The monoisotopic (exact) mass is 312 g/mol. The number of hydrogen-bond acceptors (Lipinski definition) is 3. The van der Waals surface area contributed by atoms with Crippen molar-refractivity contribution < 1.29 is 0 Å². The number of hydrogen-bond donors (Lipinski definition) is 1. The van der Waals surface area contributed by atoms with Crippen LogP contribution in [0.5, 0.6) is 0 Å². The second-order valence-electron chi connectivity index (χ2n) is 5.14. The van der Waals surface area contributed by atoms with Gasteiger partial charge in [0, 0.05) is 37.4 Å². The fourth-order valence-electron chi connectivity index (χ4n) is 2.32. The third-order valence-electron chi connectivity index (χ3n) is 3.49. The lowest BCUT2D eigenvalue weighted by Gasteiger charge is -2.09. The van der Waals surface area contributed by atoms with E-state index in [1.807, 2.05) is 31.5 Å². The molecule has 5 heteroatoms. The minimum absolute atomic E-state index is 0.495. The third-order valence-corrected chi connectivity index (χ3v) is 3.70. The number of halogens is 1. The molecule has 1 N–H and O–H groups in total. The van der Waals surface area contributed by atoms with Crippen LogP contribution >= 0.6 is 11.6 Å². The van der Waals surface area contributed by atoms with Gasteiger partial charge in [0.2, 0.25) is 0 Å². The summed E-state index contributed by atoms with van der Waals surface area (Å²) in [5.41, 5.74) is 3.45. The molecule has 0 aliphatic carbocycles. The van der Waals surface area contributed by atoms with E-state index in [1.165, 1.54) is 11.1 Å². The topological polar surface area (TPSA) is 42.7 Å². The minimum atomic E-state index is 0.495. The molecule has 0 spiro atoms. The number of imidazole rings is 1. The van der Waals surface area contributed by atoms with Crippen LogP contribution in [0.1, 0.15) is 17.0 Å². The van der Waals surface area contributed by atoms with Crippen LogP contribution in [-0.4, -0.2) is 14.5 Å². The fraction of sp³-hybridized carbons (Fsp3) is 0.176. The maximum Gasteiger partial charge on any atom is 0.131 e. The molecular weight excluding hydrogens is 296 g/mol. The molecule has 1 aromatic carbocycles. The van der Waals surface area contributed by atoms with E-state index < -0.39 is 0 Å². The number of nitrogens with one attached hydrogen (secondary N) is 1. The lowest BCUT2D eigenvalue weighted by atomic mass is 10.1. The van der Waals surface area contributed by atoms with Gasteiger partial charge in [-0.1, -0.05) is 35.9 Å². The van der Waals surface area contributed by atoms with Crippen LogP contribution in [0.15, 0.2) is 55.0 Å². The molecule has 0 atom stereocenters. The average molecular weight is 313 g/mol. The Balaban J connectivity index is 1.67. The Hall–Kier alpha value is -2.33. The number of aryl methyl sites for hydroxylation is 1. The van der Waals surface area contributed by atoms with Crippen LogP contribution in [0.2, 0.25) is 5.15 Å². The molecule has 0 unspecified atom stereocenters. The molecule has 0 aliphatic heterocycles. The molecule has 2 heterocycles. The van der Waals surface area contributed by atoms with Gasteiger partial charge in [-0.15, -0.1) is 0 Å². The molecule has 22 heavy (non-hydrogen) atoms. The summed E-state index contributed by atoms with van der Waals surface area (Å²) in [7, 11) is 0. The molecule has 0 saturated carbocycles. The molecule has 3 rings (SSSR count). The lowest BCUT2D eigenvalue weighted by Crippen LogP contribution is -2.03. The van der Waals surface area contributed by atoms with Crippen molar-refractivity contribution in [2.45, 2.75) is 20.0 Å². The van der Waals surface area contributed by atoms with Crippen LogP contribution in [0.25, 0.3) is 0 Å². The Morgan fingerprint density at radius 3 is 2.73 bits per heavy atom. The zero-order chi connectivity index (χ0) is 15.4. The quantitative estimate of drug-likeness (QED) is 0.727. The first-order valence-electron chi connectivity index (χ1n) is 7.12. The second kappa shape index (κ2) is 6.62. The summed E-state index contributed by atoms with van der Waals surface area (Å²) in [6.07, 6.45) is 5.52. The molecule has 0 bridgehead atoms. The highest BCUT2D eigenvalue weighted by Gasteiger charge is 2.01. The fourth-order valence-corrected chi connectivity index (χ4v) is 2.50. The van der Waals surface area contributed by atoms with E-state index in [2.05, 4.69) is 44.1 Å². The van der Waals surface area contributed by atoms with Gasteiger partial charge in [0.05, 0.1) is 0 Å². The predicted molar refractivity (Wildman–Crippen MR) is 89.1 cm³/mol. The molecular formula is C17H17ClN4. The standard InChI is InChI=1S/C17H17ClN4/c1-13-19-7-8-22(13)12-15-4-2-3-14(9-15)11-21-16-5-6-20-17(18)10-16/h2-10H,11-12H2,1H3,(H,20,21). The molecule has 4 nitrogen and oxygen atoms in total. The molecule has 112 valence electrons. The van der Waals surface area contributed by atoms with E-state index in [0.717, 1.165) is 24.6 Å². The van der Waals surface area contributed by atoms with Crippen molar-refractivity contribution in [1.29, 1.82) is 0 Å². The predicted octanol–water partition coefficient (Wildman–Crippen LogP) is 3.90. The van der Waals surface area contributed by atoms with Crippen molar-refractivity contribution in [2.24, 2.45) is 0 Å². The summed E-state index contributed by atoms with van der Waals surface area (Å²) in [4.78, 5) is 8.23. The molecule has 0 radical (unpaired) electrons. The van der Waals surface area contributed by atoms with Crippen LogP contribution in [-0.2, 0) is 13.1 Å². The normalized spacial score (nSPS) is 10.6. The smallest absolute Gasteiger partial charge is 0.131 e. The molecule has 0 amide bonds. The Kier molecular flexibility index (Phi) is 4.39. The molecule has 2 aromatic heterocycles. The first-order chi connectivity index (χ1) is 10.7. The SMILES string of the molecule is Cc1nccn1Cc1cccc(CNc2ccnc(Cl)c2)c1. The van der Waals surface area contributed by atoms with E-state index in [1.54, 1.807) is 6.20 Å². The molecule has 0 aliphatic rings. The van der Waals surface area contributed by atoms with E-state index >= 15 is 0 Å². The summed E-state index contributed by atoms with van der Waals surface area (Å²) in [6, 6.07) is 12.3. The lowest BCUT2D eigenvalue weighted by molar-refractivity contribution is 0.760. The number of pyridine rings is 1. The third kappa shape index (κ3) is 3.65. The van der Waals surface area contributed by atoms with Crippen molar-refractivity contribution in [1.82, 2.24) is 14.5 Å². The number of rotatable bonds is 5. The largest absolute Gasteiger partial charge is 0.381 e. The van der Waals surface area contributed by atoms with Gasteiger partial charge in [0.15, 0.2) is 0 Å². The van der Waals surface area contributed by atoms with Crippen molar-refractivity contribution in [3.8, 4) is 0 Å². The van der Waals surface area contributed by atoms with Gasteiger partial charge >= 0.3 is 0 Å². The molecule has 3 aromatic rings. The maximum atomic E-state index is 5.89. The zero-order valence-corrected chi connectivity index (χ0v) is 13.1. The van der Waals surface area contributed by atoms with Gasteiger partial charge in [0.25, 0.3) is 0 Å². The summed E-state index contributed by atoms with van der Waals surface area (Å²) in [6.45, 7) is 3.59. The number of anilines is 1. The average Bonchev–Trinajstić information content (AvgIpc) is 2.91. The number of benzene rings is 1. The minimum Gasteiger partial charge on any atom is -0.381 e. The highest BCUT2D eigenvalue weighted by atomic mass is 35.5. The van der Waals surface area contributed by atoms with Crippen LogP contribution in [0.3, 0.4) is 0 Å². The first-order valence-corrected chi connectivity index (χ1v) is 7.49. The number of nitrogens with zero attached hydrogens (tertiary/aromatic N) is 3. The van der Waals surface area contributed by atoms with Crippen LogP contribution in [0, 0.1) is 6.92 Å². The summed E-state index contributed by atoms with van der Waals surface area (Å²) < 4.78 is 2.13. The van der Waals surface area contributed by atoms with Crippen molar-refractivity contribution in [3.05, 3.63) is 77.1 Å². The van der Waals surface area contributed by atoms with Gasteiger partial charge < -0.3 is 9.88 Å². The van der Waals surface area contributed by atoms with E-state index in [0.29, 0.717) is 5.15 Å². The Morgan fingerprint density at radius 2 is 1.95 bits per heavy atom. The van der Waals surface area contributed by atoms with Gasteiger partial charge in [-0.2, -0.15) is 0 Å². The highest BCUT2D eigenvalue weighted by molar-refractivity contribution is 6.29. The molecule has 0 fully saturated rings. The summed E-state index contributed by atoms with van der Waals surface area (Å²) in [5, 5.41) is 3.85. The van der Waals surface area contributed by atoms with Crippen molar-refractivity contribution >= 4 is 17.3 Å². The Morgan fingerprint density at radius 1 is 1.09 bits per heavy atom. The zero-order valence-electron chi connectivity index (χ0n) is 12.3. The Labute approximate surface area is 134 Å². The van der Waals surface area contributed by atoms with Gasteiger partial charge in [0.1, 0.15) is 11.0 Å². The van der Waals surface area contributed by atoms with E-state index in [9.17, 15) is 0 Å².